The van der Waals surface area contributed by atoms with E-state index < -0.39 is 12.0 Å². The first-order valence-electron chi connectivity index (χ1n) is 4.72. The molecule has 0 fully saturated rings. The van der Waals surface area contributed by atoms with Crippen LogP contribution in [0, 0.1) is 0 Å². The molecule has 0 aliphatic heterocycles. The molecule has 0 saturated heterocycles. The van der Waals surface area contributed by atoms with Gasteiger partial charge in [-0.15, -0.1) is 0 Å². The van der Waals surface area contributed by atoms with E-state index in [-0.39, 0.29) is 27.3 Å². The van der Waals surface area contributed by atoms with Crippen LogP contribution in [0.3, 0.4) is 0 Å². The average molecular weight is 413 g/mol. The SMILES string of the molecule is NC(Cc1c[nH]c2ccccc12)C(=O)O.[PbH2]. The molecule has 0 aliphatic rings. The molecule has 2 radical (unpaired) electrons. The number of aromatic nitrogens is 1. The van der Waals surface area contributed by atoms with Gasteiger partial charge in [-0.2, -0.15) is 0 Å². The van der Waals surface area contributed by atoms with Crippen molar-refractivity contribution in [1.29, 1.82) is 0 Å². The van der Waals surface area contributed by atoms with Gasteiger partial charge in [-0.1, -0.05) is 18.2 Å². The molecule has 0 bridgehead atoms. The van der Waals surface area contributed by atoms with Crippen LogP contribution in [0.1, 0.15) is 5.56 Å². The van der Waals surface area contributed by atoms with Crippen molar-refractivity contribution < 1.29 is 9.90 Å². The molecule has 2 rings (SSSR count). The van der Waals surface area contributed by atoms with Gasteiger partial charge in [0.2, 0.25) is 0 Å². The summed E-state index contributed by atoms with van der Waals surface area (Å²) in [6.45, 7) is 0. The Bertz CT molecular complexity index is 495. The quantitative estimate of drug-likeness (QED) is 0.630. The number of hydrogen-bond donors (Lipinski definition) is 3. The van der Waals surface area contributed by atoms with Gasteiger partial charge in [0.05, 0.1) is 0 Å². The molecular formula is C11H14N2O2Pb. The molecule has 16 heavy (non-hydrogen) atoms. The topological polar surface area (TPSA) is 79.1 Å². The van der Waals surface area contributed by atoms with Crippen molar-refractivity contribution >= 4 is 44.2 Å². The molecule has 1 unspecified atom stereocenters. The number of fused-ring (bicyclic) bond motifs is 1. The molecule has 5 heteroatoms. The van der Waals surface area contributed by atoms with Crippen molar-refractivity contribution in [3.05, 3.63) is 36.0 Å². The first-order valence-corrected chi connectivity index (χ1v) is 4.72. The summed E-state index contributed by atoms with van der Waals surface area (Å²) in [5.74, 6) is -0.972. The molecule has 84 valence electrons. The van der Waals surface area contributed by atoms with Gasteiger partial charge in [0.1, 0.15) is 6.04 Å². The van der Waals surface area contributed by atoms with Gasteiger partial charge in [-0.25, -0.2) is 0 Å². The number of H-pyrrole nitrogens is 1. The summed E-state index contributed by atoms with van der Waals surface area (Å²) < 4.78 is 0. The monoisotopic (exact) mass is 414 g/mol. The summed E-state index contributed by atoms with van der Waals surface area (Å²) >= 11 is 0. The van der Waals surface area contributed by atoms with Gasteiger partial charge in [-0.3, -0.25) is 4.79 Å². The third-order valence-electron chi connectivity index (χ3n) is 2.43. The van der Waals surface area contributed by atoms with Crippen molar-refractivity contribution in [3.8, 4) is 0 Å². The Labute approximate surface area is 113 Å². The van der Waals surface area contributed by atoms with Gasteiger partial charge >= 0.3 is 33.3 Å². The third kappa shape index (κ3) is 2.62. The van der Waals surface area contributed by atoms with Crippen molar-refractivity contribution in [2.45, 2.75) is 12.5 Å². The third-order valence-corrected chi connectivity index (χ3v) is 2.43. The van der Waals surface area contributed by atoms with E-state index in [0.29, 0.717) is 6.42 Å². The Balaban J connectivity index is 0.00000128. The molecule has 1 heterocycles. The van der Waals surface area contributed by atoms with E-state index in [1.54, 1.807) is 0 Å². The van der Waals surface area contributed by atoms with Crippen LogP contribution in [0.15, 0.2) is 30.5 Å². The van der Waals surface area contributed by atoms with Crippen LogP contribution in [0.2, 0.25) is 0 Å². The maximum absolute atomic E-state index is 10.6. The van der Waals surface area contributed by atoms with Crippen molar-refractivity contribution in [2.75, 3.05) is 0 Å². The number of carboxylic acid groups (broad SMARTS) is 1. The van der Waals surface area contributed by atoms with E-state index in [1.165, 1.54) is 0 Å². The normalized spacial score (nSPS) is 12.1. The molecule has 1 aromatic carbocycles. The first kappa shape index (κ1) is 13.2. The first-order chi connectivity index (χ1) is 7.18. The molecule has 0 spiro atoms. The fourth-order valence-electron chi connectivity index (χ4n) is 1.62. The zero-order valence-electron chi connectivity index (χ0n) is 8.81. The molecule has 1 atom stereocenters. The van der Waals surface area contributed by atoms with Crippen molar-refractivity contribution in [2.24, 2.45) is 5.73 Å². The second kappa shape index (κ2) is 5.44. The van der Waals surface area contributed by atoms with Gasteiger partial charge < -0.3 is 15.8 Å². The Kier molecular flexibility index (Phi) is 4.48. The van der Waals surface area contributed by atoms with E-state index in [9.17, 15) is 4.79 Å². The predicted molar refractivity (Wildman–Crippen MR) is 66.2 cm³/mol. The fraction of sp³-hybridized carbons (Fsp3) is 0.182. The summed E-state index contributed by atoms with van der Waals surface area (Å²) in [6, 6.07) is 6.91. The Hall–Kier alpha value is -0.888. The number of hydrogen-bond acceptors (Lipinski definition) is 2. The molecular weight excluding hydrogens is 399 g/mol. The van der Waals surface area contributed by atoms with Crippen LogP contribution in [0.4, 0.5) is 0 Å². The van der Waals surface area contributed by atoms with Crippen LogP contribution >= 0.6 is 0 Å². The minimum atomic E-state index is -0.972. The Morgan fingerprint density at radius 1 is 1.44 bits per heavy atom. The van der Waals surface area contributed by atoms with E-state index in [1.807, 2.05) is 30.5 Å². The van der Waals surface area contributed by atoms with Crippen LogP contribution in [0.5, 0.6) is 0 Å². The molecule has 0 amide bonds. The van der Waals surface area contributed by atoms with E-state index in [4.69, 9.17) is 10.8 Å². The number of aliphatic carboxylic acids is 1. The molecule has 4 N–H and O–H groups in total. The zero-order chi connectivity index (χ0) is 10.8. The predicted octanol–water partition coefficient (Wildman–Crippen LogP) is 0.206. The Morgan fingerprint density at radius 2 is 2.12 bits per heavy atom. The average Bonchev–Trinajstić information content (AvgIpc) is 2.62. The number of carboxylic acids is 1. The van der Waals surface area contributed by atoms with Gasteiger partial charge in [0.25, 0.3) is 0 Å². The standard InChI is InChI=1S/C11H12N2O2.Pb.2H/c12-9(11(14)15)5-7-6-13-10-4-2-1-3-8(7)10;;;/h1-4,6,9,13H,5,12H2,(H,14,15);;;. The van der Waals surface area contributed by atoms with E-state index in [0.717, 1.165) is 16.5 Å². The van der Waals surface area contributed by atoms with E-state index >= 15 is 0 Å². The number of para-hydroxylation sites is 1. The molecule has 2 aromatic rings. The zero-order valence-corrected chi connectivity index (χ0v) is 14.3. The number of aromatic amines is 1. The molecule has 1 aromatic heterocycles. The molecule has 0 saturated carbocycles. The van der Waals surface area contributed by atoms with Gasteiger partial charge in [-0.05, 0) is 11.6 Å². The summed E-state index contributed by atoms with van der Waals surface area (Å²) in [7, 11) is 0. The fourth-order valence-corrected chi connectivity index (χ4v) is 1.62. The number of nitrogens with two attached hydrogens (primary N) is 1. The van der Waals surface area contributed by atoms with Crippen LogP contribution in [0.25, 0.3) is 10.9 Å². The van der Waals surface area contributed by atoms with Gasteiger partial charge in [0.15, 0.2) is 0 Å². The van der Waals surface area contributed by atoms with Crippen LogP contribution < -0.4 is 5.73 Å². The van der Waals surface area contributed by atoms with Crippen LogP contribution in [-0.4, -0.2) is 49.4 Å². The number of nitrogens with one attached hydrogen (secondary N) is 1. The minimum absolute atomic E-state index is 0. The summed E-state index contributed by atoms with van der Waals surface area (Å²) in [5.41, 5.74) is 7.43. The second-order valence-electron chi connectivity index (χ2n) is 3.51. The van der Waals surface area contributed by atoms with E-state index in [2.05, 4.69) is 4.98 Å². The van der Waals surface area contributed by atoms with Crippen molar-refractivity contribution in [3.63, 3.8) is 0 Å². The van der Waals surface area contributed by atoms with Crippen molar-refractivity contribution in [1.82, 2.24) is 4.98 Å². The Morgan fingerprint density at radius 3 is 2.81 bits per heavy atom. The number of benzene rings is 1. The second-order valence-corrected chi connectivity index (χ2v) is 3.51. The molecule has 4 nitrogen and oxygen atoms in total. The summed E-state index contributed by atoms with van der Waals surface area (Å²) in [6.07, 6.45) is 2.16. The number of carbonyl (C=O) groups is 1. The van der Waals surface area contributed by atoms with Gasteiger partial charge in [0, 0.05) is 23.5 Å². The maximum atomic E-state index is 10.6. The summed E-state index contributed by atoms with van der Waals surface area (Å²) in [4.78, 5) is 13.7. The summed E-state index contributed by atoms with van der Waals surface area (Å²) in [5, 5.41) is 9.75. The van der Waals surface area contributed by atoms with Crippen LogP contribution in [-0.2, 0) is 11.2 Å². The molecule has 0 aliphatic carbocycles. The number of rotatable bonds is 3.